The van der Waals surface area contributed by atoms with E-state index in [9.17, 15) is 0 Å². The minimum atomic E-state index is 0.595. The number of fused-ring (bicyclic) bond motifs is 2. The number of anilines is 1. The first kappa shape index (κ1) is 11.7. The van der Waals surface area contributed by atoms with E-state index in [-0.39, 0.29) is 0 Å². The third-order valence-electron chi connectivity index (χ3n) is 4.54. The minimum absolute atomic E-state index is 0.595. The van der Waals surface area contributed by atoms with Crippen LogP contribution in [0.15, 0.2) is 23.7 Å². The van der Waals surface area contributed by atoms with Crippen LogP contribution < -0.4 is 5.32 Å². The van der Waals surface area contributed by atoms with Crippen LogP contribution in [-0.2, 0) is 0 Å². The van der Waals surface area contributed by atoms with Crippen LogP contribution in [0, 0.1) is 0 Å². The molecule has 4 heterocycles. The van der Waals surface area contributed by atoms with Gasteiger partial charge in [0.2, 0.25) is 0 Å². The van der Waals surface area contributed by atoms with Crippen molar-refractivity contribution in [1.29, 1.82) is 0 Å². The number of hydrogen-bond donors (Lipinski definition) is 1. The van der Waals surface area contributed by atoms with Crippen molar-refractivity contribution in [2.75, 3.05) is 18.4 Å². The number of nitrogens with zero attached hydrogens (tertiary/aromatic N) is 2. The molecule has 2 aliphatic rings. The Labute approximate surface area is 117 Å². The molecule has 0 spiro atoms. The summed E-state index contributed by atoms with van der Waals surface area (Å²) in [6.07, 6.45) is 7.22. The highest BCUT2D eigenvalue weighted by Crippen LogP contribution is 2.31. The van der Waals surface area contributed by atoms with Crippen LogP contribution in [0.3, 0.4) is 0 Å². The molecule has 19 heavy (non-hydrogen) atoms. The first-order chi connectivity index (χ1) is 9.40. The van der Waals surface area contributed by atoms with Crippen LogP contribution >= 0.6 is 11.3 Å². The van der Waals surface area contributed by atoms with Gasteiger partial charge in [0.05, 0.1) is 0 Å². The molecule has 1 N–H and O–H groups in total. The Bertz CT molecular complexity index is 580. The van der Waals surface area contributed by atoms with Gasteiger partial charge in [-0.2, -0.15) is 0 Å². The average Bonchev–Trinajstić information content (AvgIpc) is 3.06. The van der Waals surface area contributed by atoms with E-state index in [2.05, 4.69) is 32.7 Å². The second-order valence-corrected chi connectivity index (χ2v) is 6.64. The van der Waals surface area contributed by atoms with Crippen molar-refractivity contribution in [2.45, 2.75) is 37.8 Å². The maximum atomic E-state index is 4.54. The molecule has 0 saturated carbocycles. The van der Waals surface area contributed by atoms with Gasteiger partial charge >= 0.3 is 0 Å². The first-order valence-corrected chi connectivity index (χ1v) is 8.11. The minimum Gasteiger partial charge on any atom is -0.367 e. The number of rotatable bonds is 2. The Kier molecular flexibility index (Phi) is 2.93. The highest BCUT2D eigenvalue weighted by molar-refractivity contribution is 7.17. The first-order valence-electron chi connectivity index (χ1n) is 7.23. The highest BCUT2D eigenvalue weighted by Gasteiger charge is 2.31. The lowest BCUT2D eigenvalue weighted by Gasteiger charge is -2.35. The van der Waals surface area contributed by atoms with Gasteiger partial charge in [-0.15, -0.1) is 11.3 Å². The second kappa shape index (κ2) is 4.76. The second-order valence-electron chi connectivity index (χ2n) is 5.69. The lowest BCUT2D eigenvalue weighted by Crippen LogP contribution is -2.42. The summed E-state index contributed by atoms with van der Waals surface area (Å²) in [5.41, 5.74) is 0. The van der Waals surface area contributed by atoms with Crippen molar-refractivity contribution in [3.63, 3.8) is 0 Å². The van der Waals surface area contributed by atoms with Crippen LogP contribution in [0.1, 0.15) is 25.7 Å². The van der Waals surface area contributed by atoms with E-state index in [1.54, 1.807) is 11.3 Å². The molecule has 2 saturated heterocycles. The molecule has 0 bridgehead atoms. The quantitative estimate of drug-likeness (QED) is 0.909. The molecule has 4 rings (SSSR count). The van der Waals surface area contributed by atoms with Crippen molar-refractivity contribution in [3.8, 4) is 0 Å². The molecule has 3 nitrogen and oxygen atoms in total. The van der Waals surface area contributed by atoms with E-state index in [0.29, 0.717) is 6.04 Å². The highest BCUT2D eigenvalue weighted by atomic mass is 32.1. The topological polar surface area (TPSA) is 28.2 Å². The van der Waals surface area contributed by atoms with Gasteiger partial charge < -0.3 is 10.2 Å². The summed E-state index contributed by atoms with van der Waals surface area (Å²) in [5.74, 6) is 1.08. The molecule has 2 aromatic rings. The molecule has 2 atom stereocenters. The molecular weight excluding hydrogens is 254 g/mol. The largest absolute Gasteiger partial charge is 0.367 e. The summed E-state index contributed by atoms with van der Waals surface area (Å²) in [6.45, 7) is 2.57. The normalized spacial score (nSPS) is 27.6. The number of piperidine rings is 1. The summed E-state index contributed by atoms with van der Waals surface area (Å²) in [6, 6.07) is 5.69. The van der Waals surface area contributed by atoms with Gasteiger partial charge in [0.1, 0.15) is 5.82 Å². The van der Waals surface area contributed by atoms with Gasteiger partial charge in [-0.25, -0.2) is 4.98 Å². The molecule has 2 aromatic heterocycles. The van der Waals surface area contributed by atoms with E-state index < -0.39 is 0 Å². The van der Waals surface area contributed by atoms with E-state index in [0.717, 1.165) is 11.9 Å². The summed E-state index contributed by atoms with van der Waals surface area (Å²) in [4.78, 5) is 7.20. The zero-order valence-electron chi connectivity index (χ0n) is 11.0. The third-order valence-corrected chi connectivity index (χ3v) is 5.42. The standard InChI is InChI=1S/C15H19N3S/c1-2-12-10-11(4-8-18(12)7-1)17-15-13-5-9-19-14(13)3-6-16-15/h3,5-6,9,11-12H,1-2,4,7-8,10H2,(H,16,17). The zero-order valence-corrected chi connectivity index (χ0v) is 11.8. The number of aromatic nitrogens is 1. The fourth-order valence-electron chi connectivity index (χ4n) is 3.56. The number of hydrogen-bond acceptors (Lipinski definition) is 4. The van der Waals surface area contributed by atoms with Gasteiger partial charge in [0.15, 0.2) is 0 Å². The van der Waals surface area contributed by atoms with Gasteiger partial charge in [-0.1, -0.05) is 0 Å². The van der Waals surface area contributed by atoms with E-state index >= 15 is 0 Å². The van der Waals surface area contributed by atoms with Gasteiger partial charge in [0.25, 0.3) is 0 Å². The van der Waals surface area contributed by atoms with Crippen LogP contribution in [0.5, 0.6) is 0 Å². The monoisotopic (exact) mass is 273 g/mol. The van der Waals surface area contributed by atoms with Crippen LogP contribution in [0.2, 0.25) is 0 Å². The smallest absolute Gasteiger partial charge is 0.134 e. The lowest BCUT2D eigenvalue weighted by atomic mass is 9.97. The Morgan fingerprint density at radius 2 is 2.26 bits per heavy atom. The van der Waals surface area contributed by atoms with Crippen LogP contribution in [-0.4, -0.2) is 35.1 Å². The molecule has 2 aliphatic heterocycles. The maximum Gasteiger partial charge on any atom is 0.134 e. The van der Waals surface area contributed by atoms with Gasteiger partial charge in [0, 0.05) is 34.9 Å². The predicted octanol–water partition coefficient (Wildman–Crippen LogP) is 3.34. The van der Waals surface area contributed by atoms with Crippen LogP contribution in [0.4, 0.5) is 5.82 Å². The molecule has 2 unspecified atom stereocenters. The Balaban J connectivity index is 1.53. The van der Waals surface area contributed by atoms with Crippen molar-refractivity contribution < 1.29 is 0 Å². The summed E-state index contributed by atoms with van der Waals surface area (Å²) >= 11 is 1.79. The summed E-state index contributed by atoms with van der Waals surface area (Å²) in [5, 5.41) is 7.12. The number of pyridine rings is 1. The van der Waals surface area contributed by atoms with Gasteiger partial charge in [-0.3, -0.25) is 0 Å². The molecule has 2 fully saturated rings. The Hall–Kier alpha value is -1.13. The fourth-order valence-corrected chi connectivity index (χ4v) is 4.34. The number of thiophene rings is 1. The van der Waals surface area contributed by atoms with Crippen molar-refractivity contribution in [3.05, 3.63) is 23.7 Å². The summed E-state index contributed by atoms with van der Waals surface area (Å²) in [7, 11) is 0. The van der Waals surface area contributed by atoms with Crippen molar-refractivity contribution in [1.82, 2.24) is 9.88 Å². The lowest BCUT2D eigenvalue weighted by molar-refractivity contribution is 0.188. The molecule has 100 valence electrons. The Morgan fingerprint density at radius 1 is 1.26 bits per heavy atom. The predicted molar refractivity (Wildman–Crippen MR) is 80.9 cm³/mol. The molecule has 0 amide bonds. The SMILES string of the molecule is c1cc2sccc2c(NC2CCN3CCCC3C2)n1. The molecule has 4 heteroatoms. The Morgan fingerprint density at radius 3 is 3.26 bits per heavy atom. The molecule has 0 aliphatic carbocycles. The number of nitrogens with one attached hydrogen (secondary N) is 1. The van der Waals surface area contributed by atoms with Crippen molar-refractivity contribution >= 4 is 27.2 Å². The third kappa shape index (κ3) is 2.13. The average molecular weight is 273 g/mol. The van der Waals surface area contributed by atoms with E-state index in [1.807, 2.05) is 6.20 Å². The van der Waals surface area contributed by atoms with E-state index in [1.165, 1.54) is 48.9 Å². The van der Waals surface area contributed by atoms with Gasteiger partial charge in [-0.05, 0) is 49.7 Å². The fraction of sp³-hybridized carbons (Fsp3) is 0.533. The summed E-state index contributed by atoms with van der Waals surface area (Å²) < 4.78 is 1.33. The zero-order chi connectivity index (χ0) is 12.7. The molecule has 0 radical (unpaired) electrons. The molecular formula is C15H19N3S. The van der Waals surface area contributed by atoms with E-state index in [4.69, 9.17) is 0 Å². The maximum absolute atomic E-state index is 4.54. The molecule has 0 aromatic carbocycles. The van der Waals surface area contributed by atoms with Crippen LogP contribution in [0.25, 0.3) is 10.1 Å². The van der Waals surface area contributed by atoms with Crippen molar-refractivity contribution in [2.24, 2.45) is 0 Å².